The van der Waals surface area contributed by atoms with E-state index in [1.165, 1.54) is 205 Å². The van der Waals surface area contributed by atoms with E-state index in [4.69, 9.17) is 4.43 Å². The lowest BCUT2D eigenvalue weighted by atomic mass is 10.0. The molecule has 1 heterocycles. The molecule has 0 aromatic heterocycles. The van der Waals surface area contributed by atoms with E-state index in [1.54, 1.807) is 0 Å². The molecule has 1 saturated heterocycles. The second-order valence-corrected chi connectivity index (χ2v) is 17.2. The van der Waals surface area contributed by atoms with Gasteiger partial charge in [0, 0.05) is 6.61 Å². The average molecular weight is 537 g/mol. The third-order valence-corrected chi connectivity index (χ3v) is 12.8. The summed E-state index contributed by atoms with van der Waals surface area (Å²) in [5, 5.41) is 0. The van der Waals surface area contributed by atoms with Crippen molar-refractivity contribution in [3.8, 4) is 0 Å². The van der Waals surface area contributed by atoms with Gasteiger partial charge in [-0.1, -0.05) is 193 Å². The van der Waals surface area contributed by atoms with Crippen molar-refractivity contribution in [2.45, 2.75) is 218 Å². The van der Waals surface area contributed by atoms with Crippen LogP contribution in [0.5, 0.6) is 0 Å². The Kier molecular flexibility index (Phi) is 26.4. The zero-order chi connectivity index (χ0) is 26.5. The maximum Gasteiger partial charge on any atom is 0.189 e. The molecule has 0 aromatic rings. The highest BCUT2D eigenvalue weighted by Gasteiger charge is 2.30. The van der Waals surface area contributed by atoms with E-state index in [0.717, 1.165) is 6.61 Å². The summed E-state index contributed by atoms with van der Waals surface area (Å²) in [5.41, 5.74) is 0. The Hall–Kier alpha value is 0.177. The van der Waals surface area contributed by atoms with Gasteiger partial charge >= 0.3 is 0 Å². The first kappa shape index (κ1) is 35.2. The molecule has 1 unspecified atom stereocenters. The summed E-state index contributed by atoms with van der Waals surface area (Å²) in [5.74, 6) is 0. The normalized spacial score (nSPS) is 18.0. The molecule has 0 amide bonds. The van der Waals surface area contributed by atoms with Crippen molar-refractivity contribution >= 4 is 8.32 Å². The van der Waals surface area contributed by atoms with Crippen molar-refractivity contribution in [1.29, 1.82) is 0 Å². The van der Waals surface area contributed by atoms with Gasteiger partial charge in [-0.25, -0.2) is 0 Å². The standard InChI is InChI=1S/C35H72OSi/c1-3-4-5-6-7-8-9-10-11-12-13-14-15-16-17-18-19-20-21-22-23-24-25-26-27-28-29-31-34-37(2)35-32-30-33-36-37/h3-35H2,1-2H3. The van der Waals surface area contributed by atoms with Gasteiger partial charge in [0.1, 0.15) is 0 Å². The first-order valence-corrected chi connectivity index (χ1v) is 20.7. The molecule has 0 aromatic carbocycles. The summed E-state index contributed by atoms with van der Waals surface area (Å²) >= 11 is 0. The molecule has 1 atom stereocenters. The van der Waals surface area contributed by atoms with Crippen LogP contribution in [0, 0.1) is 0 Å². The zero-order valence-electron chi connectivity index (χ0n) is 26.2. The number of hydrogen-bond donors (Lipinski definition) is 0. The number of unbranched alkanes of at least 4 members (excludes halogenated alkanes) is 27. The summed E-state index contributed by atoms with van der Waals surface area (Å²) in [6.45, 7) is 5.84. The zero-order valence-corrected chi connectivity index (χ0v) is 27.2. The van der Waals surface area contributed by atoms with Crippen LogP contribution in [-0.4, -0.2) is 14.9 Å². The van der Waals surface area contributed by atoms with E-state index in [9.17, 15) is 0 Å². The summed E-state index contributed by atoms with van der Waals surface area (Å²) in [7, 11) is -1.26. The molecule has 0 spiro atoms. The average Bonchev–Trinajstić information content (AvgIpc) is 2.90. The molecule has 0 N–H and O–H groups in total. The van der Waals surface area contributed by atoms with Crippen molar-refractivity contribution in [2.24, 2.45) is 0 Å². The van der Waals surface area contributed by atoms with E-state index >= 15 is 0 Å². The van der Waals surface area contributed by atoms with E-state index < -0.39 is 8.32 Å². The molecule has 0 saturated carbocycles. The molecule has 0 bridgehead atoms. The van der Waals surface area contributed by atoms with Crippen molar-refractivity contribution in [3.63, 3.8) is 0 Å². The first-order valence-electron chi connectivity index (χ1n) is 17.9. The molecule has 1 aliphatic heterocycles. The highest BCUT2D eigenvalue weighted by atomic mass is 28.4. The summed E-state index contributed by atoms with van der Waals surface area (Å²) in [4.78, 5) is 0. The molecule has 37 heavy (non-hydrogen) atoms. The van der Waals surface area contributed by atoms with Crippen LogP contribution in [0.4, 0.5) is 0 Å². The third kappa shape index (κ3) is 24.9. The van der Waals surface area contributed by atoms with Gasteiger partial charge in [0.05, 0.1) is 0 Å². The fourth-order valence-corrected chi connectivity index (χ4v) is 9.53. The lowest BCUT2D eigenvalue weighted by molar-refractivity contribution is 0.269. The Morgan fingerprint density at radius 1 is 0.405 bits per heavy atom. The molecular formula is C35H72OSi. The van der Waals surface area contributed by atoms with Crippen molar-refractivity contribution in [2.75, 3.05) is 6.61 Å². The van der Waals surface area contributed by atoms with E-state index in [2.05, 4.69) is 13.5 Å². The van der Waals surface area contributed by atoms with E-state index in [-0.39, 0.29) is 0 Å². The van der Waals surface area contributed by atoms with Crippen LogP contribution in [0.25, 0.3) is 0 Å². The van der Waals surface area contributed by atoms with E-state index in [0.29, 0.717) is 0 Å². The first-order chi connectivity index (χ1) is 18.3. The minimum Gasteiger partial charge on any atom is -0.417 e. The predicted octanol–water partition coefficient (Wildman–Crippen LogP) is 13.3. The van der Waals surface area contributed by atoms with Crippen LogP contribution in [0.15, 0.2) is 0 Å². The van der Waals surface area contributed by atoms with Crippen molar-refractivity contribution in [3.05, 3.63) is 0 Å². The smallest absolute Gasteiger partial charge is 0.189 e. The Morgan fingerprint density at radius 3 is 0.973 bits per heavy atom. The summed E-state index contributed by atoms with van der Waals surface area (Å²) < 4.78 is 6.17. The lowest BCUT2D eigenvalue weighted by Crippen LogP contribution is -2.37. The maximum atomic E-state index is 6.17. The summed E-state index contributed by atoms with van der Waals surface area (Å²) in [6, 6.07) is 2.85. The van der Waals surface area contributed by atoms with Crippen LogP contribution in [0.3, 0.4) is 0 Å². The molecule has 1 nitrogen and oxygen atoms in total. The topological polar surface area (TPSA) is 9.23 Å². The van der Waals surface area contributed by atoms with Crippen LogP contribution in [0.2, 0.25) is 18.6 Å². The minimum atomic E-state index is -1.26. The minimum absolute atomic E-state index is 1.06. The molecule has 1 aliphatic rings. The number of rotatable bonds is 29. The molecule has 2 heteroatoms. The Bertz CT molecular complexity index is 431. The van der Waals surface area contributed by atoms with Crippen molar-refractivity contribution in [1.82, 2.24) is 0 Å². The Labute approximate surface area is 237 Å². The van der Waals surface area contributed by atoms with Crippen LogP contribution in [0.1, 0.15) is 200 Å². The fourth-order valence-electron chi connectivity index (χ4n) is 6.36. The van der Waals surface area contributed by atoms with Gasteiger partial charge < -0.3 is 4.43 Å². The Balaban J connectivity index is 1.64. The van der Waals surface area contributed by atoms with Crippen LogP contribution >= 0.6 is 0 Å². The molecule has 1 fully saturated rings. The van der Waals surface area contributed by atoms with Gasteiger partial charge in [-0.3, -0.25) is 0 Å². The second kappa shape index (κ2) is 27.7. The van der Waals surface area contributed by atoms with Crippen LogP contribution < -0.4 is 0 Å². The monoisotopic (exact) mass is 537 g/mol. The van der Waals surface area contributed by atoms with Gasteiger partial charge in [0.15, 0.2) is 8.32 Å². The molecule has 1 rings (SSSR count). The number of hydrogen-bond acceptors (Lipinski definition) is 1. The van der Waals surface area contributed by atoms with Crippen molar-refractivity contribution < 1.29 is 4.43 Å². The second-order valence-electron chi connectivity index (χ2n) is 13.1. The van der Waals surface area contributed by atoms with Crippen LogP contribution in [-0.2, 0) is 4.43 Å². The lowest BCUT2D eigenvalue weighted by Gasteiger charge is -2.31. The van der Waals surface area contributed by atoms with Gasteiger partial charge in [-0.2, -0.15) is 0 Å². The summed E-state index contributed by atoms with van der Waals surface area (Å²) in [6.07, 6.45) is 44.1. The fraction of sp³-hybridized carbons (Fsp3) is 1.00. The third-order valence-electron chi connectivity index (χ3n) is 9.11. The Morgan fingerprint density at radius 2 is 0.703 bits per heavy atom. The predicted molar refractivity (Wildman–Crippen MR) is 171 cm³/mol. The van der Waals surface area contributed by atoms with Gasteiger partial charge in [-0.15, -0.1) is 0 Å². The molecular weight excluding hydrogens is 464 g/mol. The highest BCUT2D eigenvalue weighted by Crippen LogP contribution is 2.27. The van der Waals surface area contributed by atoms with Gasteiger partial charge in [-0.05, 0) is 25.1 Å². The van der Waals surface area contributed by atoms with Gasteiger partial charge in [0.2, 0.25) is 0 Å². The highest BCUT2D eigenvalue weighted by molar-refractivity contribution is 6.72. The van der Waals surface area contributed by atoms with E-state index in [1.807, 2.05) is 0 Å². The quantitative estimate of drug-likeness (QED) is 0.0682. The molecule has 0 radical (unpaired) electrons. The molecule has 0 aliphatic carbocycles. The maximum absolute atomic E-state index is 6.17. The molecule has 222 valence electrons. The largest absolute Gasteiger partial charge is 0.417 e. The SMILES string of the molecule is CCCCCCCCCCCCCCCCCCCCCCCCCCCCCC[Si]1(C)CCCCO1. The van der Waals surface area contributed by atoms with Gasteiger partial charge in [0.25, 0.3) is 0 Å².